The van der Waals surface area contributed by atoms with Crippen molar-refractivity contribution in [1.29, 1.82) is 0 Å². The SMILES string of the molecule is Cn1c(SCC(=O)Nc2ccc(Cl)cc2Cl)nnc1-c1ccc(Cl)c(Cl)c1. The summed E-state index contributed by atoms with van der Waals surface area (Å²) in [5, 5.41) is 13.4. The van der Waals surface area contributed by atoms with E-state index in [2.05, 4.69) is 15.5 Å². The van der Waals surface area contributed by atoms with Gasteiger partial charge in [0.05, 0.1) is 26.5 Å². The molecular formula is C17H12Cl4N4OS. The van der Waals surface area contributed by atoms with E-state index in [1.54, 1.807) is 34.9 Å². The van der Waals surface area contributed by atoms with E-state index in [9.17, 15) is 4.79 Å². The zero-order valence-corrected chi connectivity index (χ0v) is 17.7. The number of amides is 1. The van der Waals surface area contributed by atoms with Crippen LogP contribution in [0, 0.1) is 0 Å². The second-order valence-corrected chi connectivity index (χ2v) is 8.06. The van der Waals surface area contributed by atoms with Crippen LogP contribution >= 0.6 is 58.2 Å². The molecule has 1 amide bonds. The first-order valence-electron chi connectivity index (χ1n) is 7.57. The van der Waals surface area contributed by atoms with Gasteiger partial charge in [0.25, 0.3) is 0 Å². The quantitative estimate of drug-likeness (QED) is 0.485. The van der Waals surface area contributed by atoms with Gasteiger partial charge in [-0.05, 0) is 36.4 Å². The van der Waals surface area contributed by atoms with E-state index in [0.717, 1.165) is 5.56 Å². The average Bonchev–Trinajstić information content (AvgIpc) is 2.99. The van der Waals surface area contributed by atoms with Gasteiger partial charge in [-0.3, -0.25) is 4.79 Å². The molecule has 3 aromatic rings. The van der Waals surface area contributed by atoms with Crippen LogP contribution in [0.25, 0.3) is 11.4 Å². The zero-order valence-electron chi connectivity index (χ0n) is 13.8. The number of carbonyl (C=O) groups is 1. The third kappa shape index (κ3) is 4.89. The van der Waals surface area contributed by atoms with Crippen molar-refractivity contribution in [2.45, 2.75) is 5.16 Å². The van der Waals surface area contributed by atoms with Crippen LogP contribution < -0.4 is 5.32 Å². The highest BCUT2D eigenvalue weighted by Crippen LogP contribution is 2.29. The van der Waals surface area contributed by atoms with Gasteiger partial charge in [-0.15, -0.1) is 10.2 Å². The maximum Gasteiger partial charge on any atom is 0.234 e. The normalized spacial score (nSPS) is 10.9. The summed E-state index contributed by atoms with van der Waals surface area (Å²) in [5.74, 6) is 0.548. The summed E-state index contributed by atoms with van der Waals surface area (Å²) < 4.78 is 1.78. The third-order valence-electron chi connectivity index (χ3n) is 3.55. The van der Waals surface area contributed by atoms with Crippen LogP contribution in [-0.2, 0) is 11.8 Å². The van der Waals surface area contributed by atoms with Gasteiger partial charge in [0.2, 0.25) is 5.91 Å². The Morgan fingerprint density at radius 2 is 1.81 bits per heavy atom. The first-order chi connectivity index (χ1) is 12.8. The van der Waals surface area contributed by atoms with Gasteiger partial charge in [-0.25, -0.2) is 0 Å². The van der Waals surface area contributed by atoms with E-state index in [0.29, 0.717) is 36.8 Å². The lowest BCUT2D eigenvalue weighted by molar-refractivity contribution is -0.113. The summed E-state index contributed by atoms with van der Waals surface area (Å²) in [7, 11) is 1.81. The van der Waals surface area contributed by atoms with Crippen molar-refractivity contribution >= 4 is 69.8 Å². The van der Waals surface area contributed by atoms with Crippen LogP contribution in [0.5, 0.6) is 0 Å². The number of carbonyl (C=O) groups excluding carboxylic acids is 1. The highest BCUT2D eigenvalue weighted by molar-refractivity contribution is 7.99. The van der Waals surface area contributed by atoms with Crippen molar-refractivity contribution in [2.24, 2.45) is 7.05 Å². The number of thioether (sulfide) groups is 1. The molecule has 0 saturated carbocycles. The molecule has 0 radical (unpaired) electrons. The number of rotatable bonds is 5. The molecule has 0 unspecified atom stereocenters. The Balaban J connectivity index is 1.67. The van der Waals surface area contributed by atoms with Crippen LogP contribution in [0.4, 0.5) is 5.69 Å². The molecule has 1 heterocycles. The predicted octanol–water partition coefficient (Wildman–Crippen LogP) is 5.83. The van der Waals surface area contributed by atoms with E-state index in [-0.39, 0.29) is 11.7 Å². The number of benzene rings is 2. The fourth-order valence-corrected chi connectivity index (χ4v) is 3.70. The fraction of sp³-hybridized carbons (Fsp3) is 0.118. The van der Waals surface area contributed by atoms with Crippen molar-refractivity contribution in [3.8, 4) is 11.4 Å². The van der Waals surface area contributed by atoms with Crippen LogP contribution in [0.3, 0.4) is 0 Å². The second-order valence-electron chi connectivity index (χ2n) is 5.46. The van der Waals surface area contributed by atoms with Gasteiger partial charge in [-0.1, -0.05) is 58.2 Å². The minimum absolute atomic E-state index is 0.145. The Labute approximate surface area is 180 Å². The van der Waals surface area contributed by atoms with Gasteiger partial charge in [0.15, 0.2) is 11.0 Å². The first-order valence-corrected chi connectivity index (χ1v) is 10.1. The van der Waals surface area contributed by atoms with E-state index < -0.39 is 0 Å². The summed E-state index contributed by atoms with van der Waals surface area (Å²) in [6.07, 6.45) is 0. The van der Waals surface area contributed by atoms with Crippen molar-refractivity contribution < 1.29 is 4.79 Å². The Bertz CT molecular complexity index is 1010. The van der Waals surface area contributed by atoms with Crippen molar-refractivity contribution in [2.75, 3.05) is 11.1 Å². The largest absolute Gasteiger partial charge is 0.324 e. The lowest BCUT2D eigenvalue weighted by Crippen LogP contribution is -2.14. The number of nitrogens with one attached hydrogen (secondary N) is 1. The molecule has 0 aliphatic carbocycles. The molecule has 2 aromatic carbocycles. The summed E-state index contributed by atoms with van der Waals surface area (Å²) >= 11 is 25.2. The summed E-state index contributed by atoms with van der Waals surface area (Å²) in [5.41, 5.74) is 1.28. The molecule has 0 aliphatic rings. The van der Waals surface area contributed by atoms with Gasteiger partial charge >= 0.3 is 0 Å². The molecule has 0 spiro atoms. The van der Waals surface area contributed by atoms with E-state index in [1.807, 2.05) is 13.1 Å². The number of anilines is 1. The summed E-state index contributed by atoms with van der Waals surface area (Å²) in [6.45, 7) is 0. The Morgan fingerprint density at radius 3 is 2.52 bits per heavy atom. The minimum Gasteiger partial charge on any atom is -0.324 e. The van der Waals surface area contributed by atoms with Gasteiger partial charge in [0.1, 0.15) is 0 Å². The number of halogens is 4. The topological polar surface area (TPSA) is 59.8 Å². The minimum atomic E-state index is -0.219. The number of hydrogen-bond acceptors (Lipinski definition) is 4. The molecule has 27 heavy (non-hydrogen) atoms. The first kappa shape index (κ1) is 20.3. The molecule has 1 N–H and O–H groups in total. The number of hydrogen-bond donors (Lipinski definition) is 1. The maximum atomic E-state index is 12.2. The fourth-order valence-electron chi connectivity index (χ4n) is 2.23. The summed E-state index contributed by atoms with van der Waals surface area (Å²) in [6, 6.07) is 10.1. The Kier molecular flexibility index (Phi) is 6.55. The molecule has 140 valence electrons. The lowest BCUT2D eigenvalue weighted by Gasteiger charge is -2.07. The molecule has 3 rings (SSSR count). The molecule has 0 atom stereocenters. The second kappa shape index (κ2) is 8.71. The highest BCUT2D eigenvalue weighted by atomic mass is 35.5. The van der Waals surface area contributed by atoms with Crippen LogP contribution in [0.15, 0.2) is 41.6 Å². The monoisotopic (exact) mass is 460 g/mol. The smallest absolute Gasteiger partial charge is 0.234 e. The molecule has 0 saturated heterocycles. The number of nitrogens with zero attached hydrogens (tertiary/aromatic N) is 3. The Morgan fingerprint density at radius 1 is 1.04 bits per heavy atom. The van der Waals surface area contributed by atoms with Gasteiger partial charge in [0, 0.05) is 17.6 Å². The molecule has 0 fully saturated rings. The zero-order chi connectivity index (χ0) is 19.6. The van der Waals surface area contributed by atoms with Crippen LogP contribution in [-0.4, -0.2) is 26.4 Å². The van der Waals surface area contributed by atoms with Crippen molar-refractivity contribution in [3.05, 3.63) is 56.5 Å². The van der Waals surface area contributed by atoms with E-state index >= 15 is 0 Å². The van der Waals surface area contributed by atoms with E-state index in [1.165, 1.54) is 11.8 Å². The van der Waals surface area contributed by atoms with E-state index in [4.69, 9.17) is 46.4 Å². The van der Waals surface area contributed by atoms with Crippen molar-refractivity contribution in [3.63, 3.8) is 0 Å². The lowest BCUT2D eigenvalue weighted by atomic mass is 10.2. The molecule has 1 aromatic heterocycles. The Hall–Kier alpha value is -1.44. The average molecular weight is 462 g/mol. The van der Waals surface area contributed by atoms with Crippen LogP contribution in [0.1, 0.15) is 0 Å². The highest BCUT2D eigenvalue weighted by Gasteiger charge is 2.14. The maximum absolute atomic E-state index is 12.2. The van der Waals surface area contributed by atoms with Crippen LogP contribution in [0.2, 0.25) is 20.1 Å². The molecule has 5 nitrogen and oxygen atoms in total. The third-order valence-corrected chi connectivity index (χ3v) is 5.86. The standard InChI is InChI=1S/C17H12Cl4N4OS/c1-25-16(9-2-4-11(19)12(20)6-9)23-24-17(25)27-8-15(26)22-14-5-3-10(18)7-13(14)21/h2-7H,8H2,1H3,(H,22,26). The van der Waals surface area contributed by atoms with Gasteiger partial charge < -0.3 is 9.88 Å². The van der Waals surface area contributed by atoms with Crippen molar-refractivity contribution in [1.82, 2.24) is 14.8 Å². The number of aromatic nitrogens is 3. The van der Waals surface area contributed by atoms with Gasteiger partial charge in [-0.2, -0.15) is 0 Å². The summed E-state index contributed by atoms with van der Waals surface area (Å²) in [4.78, 5) is 12.2. The molecule has 0 bridgehead atoms. The molecular weight excluding hydrogens is 450 g/mol. The predicted molar refractivity (Wildman–Crippen MR) is 112 cm³/mol. The molecule has 0 aliphatic heterocycles. The molecule has 10 heteroatoms.